The molecule has 3 amide bonds. The van der Waals surface area contributed by atoms with Crippen LogP contribution in [0.25, 0.3) is 11.1 Å². The summed E-state index contributed by atoms with van der Waals surface area (Å²) >= 11 is 0. The number of rotatable bonds is 11. The molecule has 2 heterocycles. The molecule has 46 heavy (non-hydrogen) atoms. The van der Waals surface area contributed by atoms with Crippen molar-refractivity contribution in [2.75, 3.05) is 32.2 Å². The second-order valence-electron chi connectivity index (χ2n) is 10.7. The Balaban J connectivity index is 1.00. The molecule has 16 heteroatoms. The number of nitrogens with two attached hydrogens (primary N) is 1. The number of anilines is 1. The van der Waals surface area contributed by atoms with E-state index in [1.165, 1.54) is 6.92 Å². The fourth-order valence-electron chi connectivity index (χ4n) is 5.28. The second-order valence-corrected chi connectivity index (χ2v) is 10.7. The van der Waals surface area contributed by atoms with E-state index in [1.54, 1.807) is 0 Å². The molecule has 0 bridgehead atoms. The molecule has 1 aliphatic heterocycles. The number of nitrogens with one attached hydrogen (secondary N) is 3. The Bertz CT molecular complexity index is 1620. The van der Waals surface area contributed by atoms with Gasteiger partial charge in [0.2, 0.25) is 18.0 Å². The van der Waals surface area contributed by atoms with Gasteiger partial charge in [-0.2, -0.15) is 13.8 Å². The van der Waals surface area contributed by atoms with Crippen molar-refractivity contribution in [2.45, 2.75) is 43.2 Å². The fourth-order valence-corrected chi connectivity index (χ4v) is 5.28. The lowest BCUT2D eigenvalue weighted by molar-refractivity contribution is -0.141. The summed E-state index contributed by atoms with van der Waals surface area (Å²) in [6, 6.07) is 15.8. The molecule has 2 aliphatic rings. The van der Waals surface area contributed by atoms with Crippen LogP contribution in [-0.2, 0) is 23.8 Å². The molecule has 3 aromatic rings. The summed E-state index contributed by atoms with van der Waals surface area (Å²) in [6.45, 7) is -0.0154. The number of carbonyl (C=O) groups is 3. The van der Waals surface area contributed by atoms with Gasteiger partial charge >= 0.3 is 17.7 Å². The average molecular weight is 643 g/mol. The Morgan fingerprint density at radius 2 is 1.72 bits per heavy atom. The monoisotopic (exact) mass is 642 g/mol. The van der Waals surface area contributed by atoms with Crippen molar-refractivity contribution in [3.05, 3.63) is 82.4 Å². The van der Waals surface area contributed by atoms with Crippen molar-refractivity contribution in [2.24, 2.45) is 0 Å². The zero-order chi connectivity index (χ0) is 33.0. The molecule has 244 valence electrons. The van der Waals surface area contributed by atoms with E-state index in [2.05, 4.69) is 20.9 Å². The van der Waals surface area contributed by atoms with Crippen LogP contribution < -0.4 is 27.4 Å². The number of alkyl carbamates (subject to hydrolysis) is 1. The van der Waals surface area contributed by atoms with Gasteiger partial charge in [0.05, 0.1) is 13.2 Å². The molecule has 1 aliphatic carbocycles. The number of benzene rings is 2. The maximum atomic E-state index is 14.6. The van der Waals surface area contributed by atoms with Gasteiger partial charge < -0.3 is 41.0 Å². The van der Waals surface area contributed by atoms with E-state index in [9.17, 15) is 33.1 Å². The van der Waals surface area contributed by atoms with E-state index in [0.717, 1.165) is 34.5 Å². The van der Waals surface area contributed by atoms with E-state index in [0.29, 0.717) is 4.57 Å². The van der Waals surface area contributed by atoms with Gasteiger partial charge in [0.25, 0.3) is 0 Å². The molecule has 5 rings (SSSR count). The molecule has 1 aromatic heterocycles. The summed E-state index contributed by atoms with van der Waals surface area (Å²) in [5.74, 6) is -5.52. The van der Waals surface area contributed by atoms with Crippen LogP contribution in [0.1, 0.15) is 30.2 Å². The standard InChI is InChI=1S/C30H32F2N6O8/c1-16(36-29(43)45-13-21-19-8-4-2-6-17(19)18-7-3-5-9-20(18)21)26(41)34-12-24(39)35-15-44-14-22-25(40)30(31,32)27(46-22)38-11-10-23(33)37-28(38)42/h2-11,16,21-22,25,27,40H,12-15H2,1H3,(H,34,41)(H,35,39)(H,36,43)(H2,33,37,42)/t16-,22+,25+,27+/m0/s1. The largest absolute Gasteiger partial charge is 0.449 e. The predicted molar refractivity (Wildman–Crippen MR) is 157 cm³/mol. The van der Waals surface area contributed by atoms with E-state index in [1.807, 2.05) is 48.5 Å². The molecule has 4 atom stereocenters. The van der Waals surface area contributed by atoms with Crippen LogP contribution in [0.5, 0.6) is 0 Å². The maximum absolute atomic E-state index is 14.6. The van der Waals surface area contributed by atoms with Gasteiger partial charge in [0.15, 0.2) is 6.10 Å². The minimum absolute atomic E-state index is 0.0644. The third-order valence-electron chi connectivity index (χ3n) is 7.63. The number of ether oxygens (including phenoxy) is 3. The number of nitrogens with zero attached hydrogens (tertiary/aromatic N) is 2. The quantitative estimate of drug-likeness (QED) is 0.148. The first-order valence-electron chi connectivity index (χ1n) is 14.3. The zero-order valence-electron chi connectivity index (χ0n) is 24.5. The molecular weight excluding hydrogens is 610 g/mol. The number of amides is 3. The summed E-state index contributed by atoms with van der Waals surface area (Å²) < 4.78 is 45.5. The van der Waals surface area contributed by atoms with Crippen LogP contribution >= 0.6 is 0 Å². The number of alkyl halides is 2. The summed E-state index contributed by atoms with van der Waals surface area (Å²) in [4.78, 5) is 52.3. The first-order valence-corrected chi connectivity index (χ1v) is 14.3. The number of nitrogen functional groups attached to an aromatic ring is 1. The molecule has 1 saturated heterocycles. The number of carbonyl (C=O) groups excluding carboxylic acids is 3. The van der Waals surface area contributed by atoms with Crippen LogP contribution in [0.4, 0.5) is 19.4 Å². The lowest BCUT2D eigenvalue weighted by Gasteiger charge is -2.20. The van der Waals surface area contributed by atoms with Gasteiger partial charge in [0, 0.05) is 12.1 Å². The summed E-state index contributed by atoms with van der Waals surface area (Å²) in [5.41, 5.74) is 8.53. The number of fused-ring (bicyclic) bond motifs is 3. The van der Waals surface area contributed by atoms with Crippen molar-refractivity contribution >= 4 is 23.7 Å². The van der Waals surface area contributed by atoms with Crippen LogP contribution in [0, 0.1) is 0 Å². The zero-order valence-corrected chi connectivity index (χ0v) is 24.5. The smallest absolute Gasteiger partial charge is 0.407 e. The molecule has 2 aromatic carbocycles. The topological polar surface area (TPSA) is 196 Å². The molecule has 0 spiro atoms. The number of aromatic nitrogens is 2. The second kappa shape index (κ2) is 13.6. The van der Waals surface area contributed by atoms with Crippen molar-refractivity contribution in [3.63, 3.8) is 0 Å². The molecule has 0 saturated carbocycles. The minimum Gasteiger partial charge on any atom is -0.449 e. The molecule has 0 unspecified atom stereocenters. The lowest BCUT2D eigenvalue weighted by Crippen LogP contribution is -2.48. The fraction of sp³-hybridized carbons (Fsp3) is 0.367. The van der Waals surface area contributed by atoms with Gasteiger partial charge in [-0.25, -0.2) is 9.59 Å². The minimum atomic E-state index is -3.85. The first kappa shape index (κ1) is 32.5. The maximum Gasteiger partial charge on any atom is 0.407 e. The number of aliphatic hydroxyl groups excluding tert-OH is 1. The van der Waals surface area contributed by atoms with Crippen molar-refractivity contribution in [1.29, 1.82) is 0 Å². The Kier molecular flexibility index (Phi) is 9.60. The van der Waals surface area contributed by atoms with Crippen LogP contribution in [0.2, 0.25) is 0 Å². The number of aliphatic hydroxyl groups is 1. The number of hydrogen-bond acceptors (Lipinski definition) is 10. The molecule has 1 fully saturated rings. The highest BCUT2D eigenvalue weighted by Crippen LogP contribution is 2.44. The lowest BCUT2D eigenvalue weighted by atomic mass is 9.98. The van der Waals surface area contributed by atoms with Crippen molar-refractivity contribution in [3.8, 4) is 11.1 Å². The van der Waals surface area contributed by atoms with Gasteiger partial charge in [-0.3, -0.25) is 14.2 Å². The van der Waals surface area contributed by atoms with Gasteiger partial charge in [0.1, 0.15) is 31.3 Å². The first-order chi connectivity index (χ1) is 22.0. The van der Waals surface area contributed by atoms with Crippen LogP contribution in [0.15, 0.2) is 65.6 Å². The number of hydrogen-bond donors (Lipinski definition) is 5. The van der Waals surface area contributed by atoms with Gasteiger partial charge in [-0.05, 0) is 35.2 Å². The number of halogens is 2. The Morgan fingerprint density at radius 3 is 2.37 bits per heavy atom. The molecular formula is C30H32F2N6O8. The van der Waals surface area contributed by atoms with E-state index >= 15 is 0 Å². The highest BCUT2D eigenvalue weighted by molar-refractivity contribution is 5.89. The van der Waals surface area contributed by atoms with Gasteiger partial charge in [-0.15, -0.1) is 0 Å². The average Bonchev–Trinajstić information content (AvgIpc) is 3.47. The highest BCUT2D eigenvalue weighted by Gasteiger charge is 2.59. The molecule has 0 radical (unpaired) electrons. The Morgan fingerprint density at radius 1 is 1.07 bits per heavy atom. The molecule has 6 N–H and O–H groups in total. The third-order valence-corrected chi connectivity index (χ3v) is 7.63. The summed E-state index contributed by atoms with van der Waals surface area (Å²) in [6.07, 6.45) is -5.83. The van der Waals surface area contributed by atoms with E-state index < -0.39 is 73.9 Å². The SMILES string of the molecule is C[C@H](NC(=O)OCC1c2ccccc2-c2ccccc21)C(=O)NCC(=O)NCOC[C@H]1O[C@@H](n2ccc(N)nc2=O)C(F)(F)[C@@H]1O. The summed E-state index contributed by atoms with van der Waals surface area (Å²) in [5, 5.41) is 17.1. The van der Waals surface area contributed by atoms with Crippen LogP contribution in [-0.4, -0.2) is 83.2 Å². The summed E-state index contributed by atoms with van der Waals surface area (Å²) in [7, 11) is 0. The Labute approximate surface area is 260 Å². The Hall–Kier alpha value is -4.93. The van der Waals surface area contributed by atoms with E-state index in [-0.39, 0.29) is 18.3 Å². The third kappa shape index (κ3) is 6.83. The highest BCUT2D eigenvalue weighted by atomic mass is 19.3. The molecule has 14 nitrogen and oxygen atoms in total. The predicted octanol–water partition coefficient (Wildman–Crippen LogP) is 0.853. The van der Waals surface area contributed by atoms with Crippen molar-refractivity contribution in [1.82, 2.24) is 25.5 Å². The van der Waals surface area contributed by atoms with E-state index in [4.69, 9.17) is 19.9 Å². The van der Waals surface area contributed by atoms with Crippen LogP contribution in [0.3, 0.4) is 0 Å². The normalized spacial score (nSPS) is 20.3. The van der Waals surface area contributed by atoms with Crippen molar-refractivity contribution < 1.29 is 42.5 Å². The van der Waals surface area contributed by atoms with Gasteiger partial charge in [-0.1, -0.05) is 48.5 Å².